The van der Waals surface area contributed by atoms with Gasteiger partial charge in [-0.15, -0.1) is 0 Å². The molecule has 11 nitrogen and oxygen atoms in total. The number of hydrogen-bond acceptors (Lipinski definition) is 9. The molecule has 0 aliphatic carbocycles. The van der Waals surface area contributed by atoms with E-state index in [1.807, 2.05) is 24.5 Å². The number of thioether (sulfide) groups is 1. The van der Waals surface area contributed by atoms with Crippen LogP contribution < -0.4 is 10.1 Å². The normalized spacial score (nSPS) is 18.0. The van der Waals surface area contributed by atoms with Crippen molar-refractivity contribution in [2.45, 2.75) is 31.0 Å². The third-order valence-electron chi connectivity index (χ3n) is 7.37. The molecule has 1 N–H and O–H groups in total. The number of ether oxygens (including phenoxy) is 1. The van der Waals surface area contributed by atoms with Gasteiger partial charge in [0.15, 0.2) is 0 Å². The van der Waals surface area contributed by atoms with Crippen molar-refractivity contribution < 1.29 is 24.0 Å². The zero-order valence-electron chi connectivity index (χ0n) is 22.4. The van der Waals surface area contributed by atoms with Crippen LogP contribution in [-0.2, 0) is 4.79 Å². The van der Waals surface area contributed by atoms with Crippen molar-refractivity contribution in [2.75, 3.05) is 25.1 Å². The van der Waals surface area contributed by atoms with Gasteiger partial charge in [0.05, 0.1) is 11.0 Å². The van der Waals surface area contributed by atoms with Crippen LogP contribution in [0.25, 0.3) is 0 Å². The smallest absolute Gasteiger partial charge is 0.282 e. The van der Waals surface area contributed by atoms with Gasteiger partial charge in [-0.05, 0) is 48.8 Å². The zero-order valence-corrected chi connectivity index (χ0v) is 23.2. The van der Waals surface area contributed by atoms with Crippen LogP contribution in [0, 0.1) is 10.1 Å². The van der Waals surface area contributed by atoms with Gasteiger partial charge in [-0.2, -0.15) is 11.8 Å². The van der Waals surface area contributed by atoms with Gasteiger partial charge in [0.25, 0.3) is 17.5 Å². The molecule has 0 bridgehead atoms. The number of benzene rings is 2. The minimum atomic E-state index is -1.07. The minimum absolute atomic E-state index is 0.144. The zero-order chi connectivity index (χ0) is 29.0. The highest BCUT2D eigenvalue weighted by molar-refractivity contribution is 7.98. The second kappa shape index (κ2) is 12.1. The molecule has 5 rings (SSSR count). The molecule has 2 aromatic carbocycles. The van der Waals surface area contributed by atoms with E-state index in [9.17, 15) is 24.5 Å². The van der Waals surface area contributed by atoms with E-state index in [4.69, 9.17) is 4.74 Å². The van der Waals surface area contributed by atoms with E-state index in [0.29, 0.717) is 23.5 Å². The van der Waals surface area contributed by atoms with E-state index >= 15 is 0 Å². The van der Waals surface area contributed by atoms with Crippen LogP contribution in [-0.4, -0.2) is 74.2 Å². The monoisotopic (exact) mass is 575 g/mol. The maximum atomic E-state index is 13.8. The number of nitro groups is 1. The quantitative estimate of drug-likeness (QED) is 0.239. The number of nitrogens with one attached hydrogen (secondary N) is 1. The Morgan fingerprint density at radius 3 is 2.44 bits per heavy atom. The summed E-state index contributed by atoms with van der Waals surface area (Å²) in [5.74, 6) is 0.0250. The molecule has 0 saturated carbocycles. The first kappa shape index (κ1) is 28.2. The summed E-state index contributed by atoms with van der Waals surface area (Å²) in [5.41, 5.74) is -1.28. The van der Waals surface area contributed by atoms with Crippen LogP contribution in [0.5, 0.6) is 11.6 Å². The SMILES string of the molecule is CSCCC1NC2(CCN(C(=O)c3cccnc3Oc3ccccc3)CC2)N(C(=O)c2ccccc2[N+](=O)[O-])C1=O. The third kappa shape index (κ3) is 5.66. The van der Waals surface area contributed by atoms with Gasteiger partial charge in [-0.3, -0.25) is 34.7 Å². The standard InChI is InChI=1S/C29H29N5O6S/c1-41-19-13-23-28(37)33(27(36)21-10-5-6-12-24(21)34(38)39)29(31-23)14-17-32(18-15-29)26(35)22-11-7-16-30-25(22)40-20-8-3-2-4-9-20/h2-12,16,23,31H,13-15,17-19H2,1H3. The summed E-state index contributed by atoms with van der Waals surface area (Å²) in [5, 5.41) is 15.0. The van der Waals surface area contributed by atoms with Crippen LogP contribution in [0.3, 0.4) is 0 Å². The largest absolute Gasteiger partial charge is 0.438 e. The van der Waals surface area contributed by atoms with Gasteiger partial charge >= 0.3 is 0 Å². The van der Waals surface area contributed by atoms with E-state index in [-0.39, 0.29) is 49.0 Å². The number of carbonyl (C=O) groups excluding carboxylic acids is 3. The Kier molecular flexibility index (Phi) is 8.31. The van der Waals surface area contributed by atoms with Crippen molar-refractivity contribution in [3.8, 4) is 11.6 Å². The fourth-order valence-electron chi connectivity index (χ4n) is 5.33. The summed E-state index contributed by atoms with van der Waals surface area (Å²) in [6, 6.07) is 17.4. The average molecular weight is 576 g/mol. The second-order valence-electron chi connectivity index (χ2n) is 9.83. The Bertz CT molecular complexity index is 1460. The van der Waals surface area contributed by atoms with Gasteiger partial charge in [-0.25, -0.2) is 4.98 Å². The number of pyridine rings is 1. The van der Waals surface area contributed by atoms with Crippen LogP contribution in [0.15, 0.2) is 72.9 Å². The average Bonchev–Trinajstić information content (AvgIpc) is 3.26. The van der Waals surface area contributed by atoms with Gasteiger partial charge in [-0.1, -0.05) is 30.3 Å². The fourth-order valence-corrected chi connectivity index (χ4v) is 5.80. The highest BCUT2D eigenvalue weighted by atomic mass is 32.2. The summed E-state index contributed by atoms with van der Waals surface area (Å²) in [6.45, 7) is 0.489. The molecule has 3 heterocycles. The molecular weight excluding hydrogens is 546 g/mol. The number of hydrogen-bond donors (Lipinski definition) is 1. The van der Waals surface area contributed by atoms with Crippen LogP contribution in [0.4, 0.5) is 5.69 Å². The van der Waals surface area contributed by atoms with Crippen molar-refractivity contribution in [1.29, 1.82) is 0 Å². The lowest BCUT2D eigenvalue weighted by Gasteiger charge is -2.43. The Balaban J connectivity index is 1.39. The molecule has 2 aliphatic rings. The molecule has 212 valence electrons. The lowest BCUT2D eigenvalue weighted by atomic mass is 9.94. The van der Waals surface area contributed by atoms with E-state index < -0.39 is 28.4 Å². The van der Waals surface area contributed by atoms with E-state index in [2.05, 4.69) is 10.3 Å². The number of nitrogens with zero attached hydrogens (tertiary/aromatic N) is 4. The second-order valence-corrected chi connectivity index (χ2v) is 10.8. The van der Waals surface area contributed by atoms with Crippen LogP contribution >= 0.6 is 11.8 Å². The molecular formula is C29H29N5O6S. The molecule has 1 atom stereocenters. The van der Waals surface area contributed by atoms with Crippen molar-refractivity contribution in [1.82, 2.24) is 20.1 Å². The van der Waals surface area contributed by atoms with Gasteiger partial charge < -0.3 is 9.64 Å². The Hall–Kier alpha value is -4.29. The van der Waals surface area contributed by atoms with Gasteiger partial charge in [0.1, 0.15) is 22.5 Å². The number of likely N-dealkylation sites (tertiary alicyclic amines) is 1. The molecule has 1 unspecified atom stereocenters. The number of amides is 3. The number of carbonyl (C=O) groups is 3. The van der Waals surface area contributed by atoms with Crippen molar-refractivity contribution >= 4 is 35.2 Å². The van der Waals surface area contributed by atoms with Crippen molar-refractivity contribution in [3.05, 3.63) is 94.2 Å². The first-order valence-electron chi connectivity index (χ1n) is 13.2. The highest BCUT2D eigenvalue weighted by Gasteiger charge is 2.55. The van der Waals surface area contributed by atoms with Crippen molar-refractivity contribution in [2.24, 2.45) is 0 Å². The fraction of sp³-hybridized carbons (Fsp3) is 0.310. The maximum absolute atomic E-state index is 13.8. The summed E-state index contributed by atoms with van der Waals surface area (Å²) in [6.07, 6.45) is 4.52. The van der Waals surface area contributed by atoms with Gasteiger partial charge in [0, 0.05) is 38.2 Å². The molecule has 0 radical (unpaired) electrons. The van der Waals surface area contributed by atoms with Crippen LogP contribution in [0.1, 0.15) is 40.0 Å². The predicted octanol–water partition coefficient (Wildman–Crippen LogP) is 4.11. The lowest BCUT2D eigenvalue weighted by Crippen LogP contribution is -2.61. The van der Waals surface area contributed by atoms with Gasteiger partial charge in [0.2, 0.25) is 11.8 Å². The van der Waals surface area contributed by atoms with Crippen molar-refractivity contribution in [3.63, 3.8) is 0 Å². The molecule has 1 spiro atoms. The molecule has 3 aromatic rings. The number of nitro benzene ring substituents is 1. The summed E-state index contributed by atoms with van der Waals surface area (Å²) < 4.78 is 5.88. The Morgan fingerprint density at radius 2 is 1.73 bits per heavy atom. The summed E-state index contributed by atoms with van der Waals surface area (Å²) in [4.78, 5) is 59.1. The molecule has 2 saturated heterocycles. The number of para-hydroxylation sites is 2. The molecule has 2 fully saturated rings. The number of imide groups is 1. The number of piperidine rings is 1. The predicted molar refractivity (Wildman–Crippen MR) is 153 cm³/mol. The Morgan fingerprint density at radius 1 is 1.05 bits per heavy atom. The first-order valence-corrected chi connectivity index (χ1v) is 14.6. The molecule has 1 aromatic heterocycles. The lowest BCUT2D eigenvalue weighted by molar-refractivity contribution is -0.385. The summed E-state index contributed by atoms with van der Waals surface area (Å²) in [7, 11) is 0. The third-order valence-corrected chi connectivity index (χ3v) is 8.02. The molecule has 3 amide bonds. The van der Waals surface area contributed by atoms with E-state index in [0.717, 1.165) is 4.90 Å². The molecule has 12 heteroatoms. The topological polar surface area (TPSA) is 135 Å². The van der Waals surface area contributed by atoms with Crippen LogP contribution in [0.2, 0.25) is 0 Å². The minimum Gasteiger partial charge on any atom is -0.438 e. The van der Waals surface area contributed by atoms with E-state index in [1.165, 1.54) is 24.3 Å². The Labute approximate surface area is 241 Å². The molecule has 2 aliphatic heterocycles. The molecule has 41 heavy (non-hydrogen) atoms. The van der Waals surface area contributed by atoms with E-state index in [1.54, 1.807) is 47.1 Å². The maximum Gasteiger partial charge on any atom is 0.282 e. The summed E-state index contributed by atoms with van der Waals surface area (Å²) >= 11 is 1.59. The number of rotatable bonds is 8. The number of aromatic nitrogens is 1. The highest BCUT2D eigenvalue weighted by Crippen LogP contribution is 2.37. The first-order chi connectivity index (χ1) is 19.8.